The van der Waals surface area contributed by atoms with Gasteiger partial charge >= 0.3 is 105 Å². The molecule has 1 atom stereocenters. The van der Waals surface area contributed by atoms with E-state index in [0.717, 1.165) is 22.5 Å². The first-order valence-electron chi connectivity index (χ1n) is 5.67. The summed E-state index contributed by atoms with van der Waals surface area (Å²) in [7, 11) is 0.445. The van der Waals surface area contributed by atoms with Crippen LogP contribution in [0.15, 0.2) is 17.1 Å². The number of benzene rings is 1. The molecule has 0 aliphatic carbocycles. The first-order valence-corrected chi connectivity index (χ1v) is 5.67. The van der Waals surface area contributed by atoms with Gasteiger partial charge in [0.05, 0.1) is 0 Å². The van der Waals surface area contributed by atoms with Gasteiger partial charge in [-0.25, -0.2) is 0 Å². The molecule has 2 N–H and O–H groups in total. The Hall–Kier alpha value is -1.98. The van der Waals surface area contributed by atoms with Gasteiger partial charge in [-0.2, -0.15) is 0 Å². The average molecular weight is 242 g/mol. The molecule has 1 aliphatic heterocycles. The van der Waals surface area contributed by atoms with Crippen molar-refractivity contribution in [2.24, 2.45) is 4.99 Å². The number of hydrogen-bond acceptors (Lipinski definition) is 4. The number of anilines is 2. The van der Waals surface area contributed by atoms with Gasteiger partial charge in [-0.05, 0) is 0 Å². The van der Waals surface area contributed by atoms with E-state index in [1.807, 2.05) is 26.0 Å². The maximum atomic E-state index is 11.9. The zero-order valence-electron chi connectivity index (χ0n) is 10.3. The van der Waals surface area contributed by atoms with Crippen LogP contribution in [0.1, 0.15) is 11.1 Å². The third-order valence-corrected chi connectivity index (χ3v) is 2.80. The number of nitrogens with one attached hydrogen (secondary N) is 2. The van der Waals surface area contributed by atoms with Crippen molar-refractivity contribution < 1.29 is 9.50 Å². The first kappa shape index (κ1) is 12.5. The minimum absolute atomic E-state index is 0.234. The van der Waals surface area contributed by atoms with Crippen LogP contribution in [0, 0.1) is 13.8 Å². The van der Waals surface area contributed by atoms with Crippen molar-refractivity contribution in [2.45, 2.75) is 19.9 Å². The third kappa shape index (κ3) is 2.47. The van der Waals surface area contributed by atoms with Crippen LogP contribution in [-0.2, 0) is 9.50 Å². The van der Waals surface area contributed by atoms with Gasteiger partial charge in [0.15, 0.2) is 0 Å². The molecule has 0 aromatic heterocycles. The molecule has 0 saturated heterocycles. The van der Waals surface area contributed by atoms with E-state index in [1.54, 1.807) is 0 Å². The summed E-state index contributed by atoms with van der Waals surface area (Å²) in [5.74, 6) is -0.234. The molecule has 6 heteroatoms. The Morgan fingerprint density at radius 2 is 2.22 bits per heavy atom. The van der Waals surface area contributed by atoms with E-state index in [0.29, 0.717) is 13.7 Å². The molecule has 0 saturated carbocycles. The monoisotopic (exact) mass is 242 g/mol. The number of aryl methyl sites for hydroxylation is 2. The Morgan fingerprint density at radius 1 is 1.44 bits per heavy atom. The first-order chi connectivity index (χ1) is 8.61. The normalized spacial score (nSPS) is 18.6. The Labute approximate surface area is 106 Å². The van der Waals surface area contributed by atoms with Crippen LogP contribution in [0.25, 0.3) is 0 Å². The van der Waals surface area contributed by atoms with E-state index in [1.165, 1.54) is 0 Å². The van der Waals surface area contributed by atoms with Crippen LogP contribution in [0.2, 0.25) is 0 Å². The topological polar surface area (TPSA) is 70.6 Å². The maximum absolute atomic E-state index is 11.9. The Morgan fingerprint density at radius 3 is 2.94 bits per heavy atom. The van der Waals surface area contributed by atoms with E-state index in [4.69, 9.17) is 0 Å². The molecular weight excluding hydrogens is 229 g/mol. The molecule has 92 valence electrons. The fraction of sp³-hybridized carbons (Fsp3) is 0.333. The van der Waals surface area contributed by atoms with Gasteiger partial charge in [0.2, 0.25) is 0 Å². The number of amides is 1. The second kappa shape index (κ2) is 5.12. The number of aliphatic imine (C=N–C) groups is 1. The molecule has 1 amide bonds. The molecule has 2 rings (SSSR count). The molecule has 0 unspecified atom stereocenters. The number of fused-ring (bicyclic) bond motifs is 1. The van der Waals surface area contributed by atoms with E-state index >= 15 is 0 Å². The van der Waals surface area contributed by atoms with Gasteiger partial charge in [-0.3, -0.25) is 0 Å². The number of rotatable bonds is 2. The molecule has 0 spiro atoms. The summed E-state index contributed by atoms with van der Waals surface area (Å²) in [6, 6.07) is 3.34. The Bertz CT molecular complexity index is 528. The van der Waals surface area contributed by atoms with Crippen LogP contribution in [0.4, 0.5) is 11.4 Å². The van der Waals surface area contributed by atoms with Crippen molar-refractivity contribution >= 4 is 30.5 Å². The minimum atomic E-state index is -0.637. The summed E-state index contributed by atoms with van der Waals surface area (Å²) in [6.45, 7) is 4.29. The summed E-state index contributed by atoms with van der Waals surface area (Å²) in [6.07, 6.45) is 2.17. The molecule has 18 heavy (non-hydrogen) atoms. The molecule has 1 aromatic rings. The number of hydrogen-bond donors (Lipinski definition) is 2. The van der Waals surface area contributed by atoms with E-state index in [2.05, 4.69) is 21.7 Å². The van der Waals surface area contributed by atoms with Gasteiger partial charge in [-0.15, -0.1) is 0 Å². The summed E-state index contributed by atoms with van der Waals surface area (Å²) in [5.41, 5.74) is 3.77. The van der Waals surface area contributed by atoms with E-state index < -0.39 is 6.04 Å². The predicted molar refractivity (Wildman–Crippen MR) is 70.7 cm³/mol. The van der Waals surface area contributed by atoms with Crippen LogP contribution in [0.5, 0.6) is 0 Å². The number of carbonyl (C=O) groups is 1. The van der Waals surface area contributed by atoms with Crippen molar-refractivity contribution in [2.75, 3.05) is 17.2 Å². The molecule has 0 radical (unpaired) electrons. The average Bonchev–Trinajstić information content (AvgIpc) is 2.47. The van der Waals surface area contributed by atoms with Crippen LogP contribution >= 0.6 is 0 Å². The number of carbonyl (C=O) groups excluding carboxylic acids is 1. The molecule has 1 aromatic carbocycles. The number of nitrogens with zero attached hydrogens (tertiary/aromatic N) is 1. The SMILES string of the molecule is Cc1cc(C)c2c(c1)NC[C@H](N=[C-]B=O)C(=O)N2. The van der Waals surface area contributed by atoms with Crippen molar-refractivity contribution in [3.63, 3.8) is 0 Å². The fourth-order valence-corrected chi connectivity index (χ4v) is 2.00. The quantitative estimate of drug-likeness (QED) is 0.461. The second-order valence-electron chi connectivity index (χ2n) is 4.27. The Balaban J connectivity index is 2.32. The van der Waals surface area contributed by atoms with Crippen LogP contribution in [0.3, 0.4) is 0 Å². The van der Waals surface area contributed by atoms with Crippen molar-refractivity contribution in [1.82, 2.24) is 0 Å². The summed E-state index contributed by atoms with van der Waals surface area (Å²) < 4.78 is 10.2. The van der Waals surface area contributed by atoms with Gasteiger partial charge in [-0.1, -0.05) is 0 Å². The van der Waals surface area contributed by atoms with Crippen LogP contribution < -0.4 is 10.6 Å². The predicted octanol–water partition coefficient (Wildman–Crippen LogP) is 0.991. The standard InChI is InChI=1S/C12H13BN3O2/c1-7-3-8(2)11-9(4-7)14-5-10(12(17)16-11)15-6-13-18/h3-4,10,14H,5H2,1-2H3,(H,16,17)/q-1/t10-/m0/s1. The second-order valence-corrected chi connectivity index (χ2v) is 4.27. The van der Waals surface area contributed by atoms with Crippen molar-refractivity contribution in [3.05, 3.63) is 23.3 Å². The van der Waals surface area contributed by atoms with Gasteiger partial charge < -0.3 is 0 Å². The summed E-state index contributed by atoms with van der Waals surface area (Å²) in [4.78, 5) is 15.7. The zero-order valence-corrected chi connectivity index (χ0v) is 10.3. The van der Waals surface area contributed by atoms with Crippen LogP contribution in [-0.4, -0.2) is 31.8 Å². The zero-order chi connectivity index (χ0) is 13.1. The molecular formula is C12H13BN3O2-. The van der Waals surface area contributed by atoms with E-state index in [9.17, 15) is 9.50 Å². The van der Waals surface area contributed by atoms with Gasteiger partial charge in [0.1, 0.15) is 0 Å². The van der Waals surface area contributed by atoms with Gasteiger partial charge in [0, 0.05) is 0 Å². The molecule has 0 bridgehead atoms. The molecule has 1 aliphatic rings. The van der Waals surface area contributed by atoms with Crippen molar-refractivity contribution in [3.8, 4) is 0 Å². The Kier molecular flexibility index (Phi) is 3.55. The van der Waals surface area contributed by atoms with Crippen molar-refractivity contribution in [1.29, 1.82) is 0 Å². The summed E-state index contributed by atoms with van der Waals surface area (Å²) in [5, 5.41) is 5.99. The molecule has 1 heterocycles. The molecule has 5 nitrogen and oxygen atoms in total. The van der Waals surface area contributed by atoms with E-state index in [-0.39, 0.29) is 5.91 Å². The van der Waals surface area contributed by atoms with Gasteiger partial charge in [0.25, 0.3) is 0 Å². The third-order valence-electron chi connectivity index (χ3n) is 2.80. The molecule has 0 fully saturated rings. The summed E-state index contributed by atoms with van der Waals surface area (Å²) >= 11 is 0. The fourth-order valence-electron chi connectivity index (χ4n) is 2.00.